The van der Waals surface area contributed by atoms with Gasteiger partial charge in [-0.05, 0) is 90.9 Å². The third-order valence-corrected chi connectivity index (χ3v) is 8.15. The number of hydroxylamine groups is 2. The number of nitrogens with zero attached hydrogens (tertiary/aromatic N) is 1. The number of rotatable bonds is 12. The Kier molecular flexibility index (Phi) is 10.8. The Balaban J connectivity index is 1.19. The SMILES string of the molecule is CC(C)(C)OC(=O)ON1CCC(c2ccc(OCCCOCc3cccs3)cc2)C(OCc2ccc3ccc(O)cc3c2)C1. The van der Waals surface area contributed by atoms with Crippen molar-refractivity contribution in [3.63, 3.8) is 0 Å². The van der Waals surface area contributed by atoms with Gasteiger partial charge in [-0.25, -0.2) is 4.79 Å². The topological polar surface area (TPSA) is 86.7 Å². The molecular weight excluding hydrogens is 578 g/mol. The summed E-state index contributed by atoms with van der Waals surface area (Å²) >= 11 is 1.70. The van der Waals surface area contributed by atoms with Crippen molar-refractivity contribution in [2.75, 3.05) is 26.3 Å². The molecule has 2 unspecified atom stereocenters. The lowest BCUT2D eigenvalue weighted by Crippen LogP contribution is -2.45. The molecule has 0 saturated carbocycles. The molecule has 0 bridgehead atoms. The molecular formula is C35H41NO7S. The maximum absolute atomic E-state index is 12.4. The van der Waals surface area contributed by atoms with Crippen LogP contribution in [0, 0.1) is 0 Å². The van der Waals surface area contributed by atoms with Gasteiger partial charge >= 0.3 is 6.16 Å². The number of carbonyl (C=O) groups excluding carboxylic acids is 1. The number of hydrogen-bond donors (Lipinski definition) is 1. The molecule has 2 heterocycles. The van der Waals surface area contributed by atoms with E-state index < -0.39 is 11.8 Å². The minimum absolute atomic E-state index is 0.0951. The van der Waals surface area contributed by atoms with E-state index in [1.54, 1.807) is 28.5 Å². The Labute approximate surface area is 263 Å². The van der Waals surface area contributed by atoms with E-state index >= 15 is 0 Å². The monoisotopic (exact) mass is 619 g/mol. The fraction of sp³-hybridized carbons (Fsp3) is 0.400. The smallest absolute Gasteiger partial charge is 0.508 e. The van der Waals surface area contributed by atoms with E-state index in [9.17, 15) is 9.90 Å². The first-order valence-electron chi connectivity index (χ1n) is 15.0. The van der Waals surface area contributed by atoms with Gasteiger partial charge in [-0.3, -0.25) is 0 Å². The van der Waals surface area contributed by atoms with E-state index in [2.05, 4.69) is 23.6 Å². The maximum atomic E-state index is 12.4. The number of piperidine rings is 1. The van der Waals surface area contributed by atoms with Crippen molar-refractivity contribution in [3.05, 3.63) is 94.2 Å². The lowest BCUT2D eigenvalue weighted by atomic mass is 9.87. The lowest BCUT2D eigenvalue weighted by Gasteiger charge is -2.37. The molecule has 2 atom stereocenters. The van der Waals surface area contributed by atoms with Gasteiger partial charge in [-0.15, -0.1) is 16.4 Å². The van der Waals surface area contributed by atoms with Crippen molar-refractivity contribution in [3.8, 4) is 11.5 Å². The molecule has 1 N–H and O–H groups in total. The van der Waals surface area contributed by atoms with Gasteiger partial charge in [0.2, 0.25) is 0 Å². The summed E-state index contributed by atoms with van der Waals surface area (Å²) in [6.07, 6.45) is 0.592. The second-order valence-corrected chi connectivity index (χ2v) is 13.0. The van der Waals surface area contributed by atoms with Crippen LogP contribution in [-0.2, 0) is 32.3 Å². The standard InChI is InChI=1S/C35H41NO7S/c1-35(2,3)42-34(38)43-36-16-15-32(33(22-36)41-23-25-7-8-26-9-12-29(37)21-28(26)20-25)27-10-13-30(14-11-27)40-18-5-17-39-24-31-6-4-19-44-31/h4,6-14,19-21,32-33,37H,5,15-18,22-24H2,1-3H3. The van der Waals surface area contributed by atoms with Crippen molar-refractivity contribution >= 4 is 28.3 Å². The molecule has 1 fully saturated rings. The van der Waals surface area contributed by atoms with Crippen molar-refractivity contribution in [1.29, 1.82) is 0 Å². The van der Waals surface area contributed by atoms with Crippen molar-refractivity contribution in [2.24, 2.45) is 0 Å². The molecule has 4 aromatic rings. The predicted octanol–water partition coefficient (Wildman–Crippen LogP) is 7.83. The van der Waals surface area contributed by atoms with Crippen molar-refractivity contribution in [1.82, 2.24) is 5.06 Å². The number of ether oxygens (including phenoxy) is 4. The van der Waals surface area contributed by atoms with Gasteiger partial charge in [-0.2, -0.15) is 0 Å². The van der Waals surface area contributed by atoms with Crippen LogP contribution in [0.1, 0.15) is 55.5 Å². The van der Waals surface area contributed by atoms with Crippen LogP contribution in [-0.4, -0.2) is 54.3 Å². The zero-order valence-electron chi connectivity index (χ0n) is 25.6. The minimum Gasteiger partial charge on any atom is -0.508 e. The highest BCUT2D eigenvalue weighted by molar-refractivity contribution is 7.09. The first kappa shape index (κ1) is 31.8. The minimum atomic E-state index is -0.720. The van der Waals surface area contributed by atoms with Crippen LogP contribution in [0.5, 0.6) is 11.5 Å². The van der Waals surface area contributed by atoms with Crippen LogP contribution in [0.3, 0.4) is 0 Å². The molecule has 1 saturated heterocycles. The van der Waals surface area contributed by atoms with Crippen LogP contribution >= 0.6 is 11.3 Å². The van der Waals surface area contributed by atoms with Gasteiger partial charge in [0.1, 0.15) is 17.1 Å². The summed E-state index contributed by atoms with van der Waals surface area (Å²) in [5.41, 5.74) is 1.49. The Bertz CT molecular complexity index is 1480. The highest BCUT2D eigenvalue weighted by atomic mass is 32.1. The molecule has 44 heavy (non-hydrogen) atoms. The zero-order valence-corrected chi connectivity index (χ0v) is 26.4. The number of benzene rings is 3. The molecule has 3 aromatic carbocycles. The Morgan fingerprint density at radius 1 is 0.977 bits per heavy atom. The number of fused-ring (bicyclic) bond motifs is 1. The molecule has 1 aliphatic heterocycles. The quantitative estimate of drug-likeness (QED) is 0.127. The second kappa shape index (κ2) is 14.9. The fourth-order valence-electron chi connectivity index (χ4n) is 5.20. The van der Waals surface area contributed by atoms with Gasteiger partial charge in [0, 0.05) is 23.8 Å². The highest BCUT2D eigenvalue weighted by Crippen LogP contribution is 2.33. The highest BCUT2D eigenvalue weighted by Gasteiger charge is 2.34. The van der Waals surface area contributed by atoms with Crippen molar-refractivity contribution in [2.45, 2.75) is 64.4 Å². The summed E-state index contributed by atoms with van der Waals surface area (Å²) in [7, 11) is 0. The second-order valence-electron chi connectivity index (χ2n) is 12.0. The molecule has 8 nitrogen and oxygen atoms in total. The molecule has 9 heteroatoms. The van der Waals surface area contributed by atoms with Crippen LogP contribution in [0.2, 0.25) is 0 Å². The Morgan fingerprint density at radius 3 is 2.57 bits per heavy atom. The number of carbonyl (C=O) groups is 1. The van der Waals surface area contributed by atoms with E-state index in [0.717, 1.165) is 40.5 Å². The molecule has 1 aromatic heterocycles. The van der Waals surface area contributed by atoms with Crippen molar-refractivity contribution < 1.29 is 33.7 Å². The summed E-state index contributed by atoms with van der Waals surface area (Å²) in [6, 6.07) is 23.7. The maximum Gasteiger partial charge on any atom is 0.528 e. The first-order chi connectivity index (χ1) is 21.2. The summed E-state index contributed by atoms with van der Waals surface area (Å²) in [4.78, 5) is 19.2. The number of thiophene rings is 1. The average molecular weight is 620 g/mol. The van der Waals surface area contributed by atoms with Gasteiger partial charge in [0.25, 0.3) is 0 Å². The third-order valence-electron chi connectivity index (χ3n) is 7.30. The van der Waals surface area contributed by atoms with E-state index in [-0.39, 0.29) is 17.8 Å². The normalized spacial score (nSPS) is 17.4. The predicted molar refractivity (Wildman–Crippen MR) is 171 cm³/mol. The molecule has 234 valence electrons. The molecule has 5 rings (SSSR count). The van der Waals surface area contributed by atoms with Crippen LogP contribution < -0.4 is 4.74 Å². The molecule has 0 radical (unpaired) electrons. The largest absolute Gasteiger partial charge is 0.528 e. The lowest BCUT2D eigenvalue weighted by molar-refractivity contribution is -0.179. The van der Waals surface area contributed by atoms with Gasteiger partial charge in [0.15, 0.2) is 0 Å². The van der Waals surface area contributed by atoms with E-state index in [0.29, 0.717) is 39.5 Å². The Morgan fingerprint density at radius 2 is 1.80 bits per heavy atom. The van der Waals surface area contributed by atoms with E-state index in [1.807, 2.05) is 63.2 Å². The summed E-state index contributed by atoms with van der Waals surface area (Å²) in [6.45, 7) is 8.64. The number of phenols is 1. The fourth-order valence-corrected chi connectivity index (χ4v) is 5.84. The van der Waals surface area contributed by atoms with Gasteiger partial charge in [-0.1, -0.05) is 36.4 Å². The zero-order chi connectivity index (χ0) is 30.9. The van der Waals surface area contributed by atoms with Crippen LogP contribution in [0.4, 0.5) is 4.79 Å². The molecule has 0 amide bonds. The van der Waals surface area contributed by atoms with E-state index in [4.69, 9.17) is 23.8 Å². The first-order valence-corrected chi connectivity index (χ1v) is 15.9. The Hall–Kier alpha value is -3.63. The number of hydrogen-bond acceptors (Lipinski definition) is 9. The summed E-state index contributed by atoms with van der Waals surface area (Å²) in [5, 5.41) is 15.6. The molecule has 0 aliphatic carbocycles. The van der Waals surface area contributed by atoms with Gasteiger partial charge < -0.3 is 28.9 Å². The van der Waals surface area contributed by atoms with Gasteiger partial charge in [0.05, 0.1) is 39.1 Å². The van der Waals surface area contributed by atoms with E-state index in [1.165, 1.54) is 4.88 Å². The molecule has 1 aliphatic rings. The molecule has 0 spiro atoms. The average Bonchev–Trinajstić information content (AvgIpc) is 3.51. The summed E-state index contributed by atoms with van der Waals surface area (Å²) in [5.74, 6) is 1.14. The van der Waals surface area contributed by atoms with Crippen LogP contribution in [0.15, 0.2) is 78.2 Å². The van der Waals surface area contributed by atoms with Crippen LogP contribution in [0.25, 0.3) is 10.8 Å². The summed E-state index contributed by atoms with van der Waals surface area (Å²) < 4.78 is 23.6. The number of aromatic hydroxyl groups is 1. The number of phenolic OH excluding ortho intramolecular Hbond substituents is 1. The third kappa shape index (κ3) is 9.43.